The second-order valence-corrected chi connectivity index (χ2v) is 6.32. The van der Waals surface area contributed by atoms with Crippen LogP contribution in [-0.4, -0.2) is 22.3 Å². The zero-order valence-corrected chi connectivity index (χ0v) is 13.0. The molecule has 1 aliphatic heterocycles. The maximum Gasteiger partial charge on any atom is 0.257 e. The Morgan fingerprint density at radius 3 is 2.81 bits per heavy atom. The van der Waals surface area contributed by atoms with E-state index in [1.165, 1.54) is 16.2 Å². The van der Waals surface area contributed by atoms with Gasteiger partial charge in [-0.3, -0.25) is 4.79 Å². The fourth-order valence-electron chi connectivity index (χ4n) is 2.43. The van der Waals surface area contributed by atoms with E-state index in [1.54, 1.807) is 18.3 Å². The minimum Gasteiger partial charge on any atom is -0.318 e. The Balaban J connectivity index is 1.94. The fourth-order valence-corrected chi connectivity index (χ4v) is 3.54. The number of hydrogen-bond acceptors (Lipinski definition) is 4. The molecule has 3 rings (SSSR count). The molecule has 7 heteroatoms. The van der Waals surface area contributed by atoms with E-state index in [0.717, 1.165) is 5.01 Å². The monoisotopic (exact) mass is 337 g/mol. The molecule has 21 heavy (non-hydrogen) atoms. The minimum absolute atomic E-state index is 0.249. The number of halogens is 2. The molecule has 1 aromatic heterocycles. The Hall–Kier alpha value is -1.61. The van der Waals surface area contributed by atoms with Crippen LogP contribution in [0.3, 0.4) is 0 Å². The molecule has 0 saturated carbocycles. The number of thiazole rings is 1. The van der Waals surface area contributed by atoms with Crippen molar-refractivity contribution in [3.63, 3.8) is 0 Å². The van der Waals surface area contributed by atoms with Crippen LogP contribution in [0.15, 0.2) is 23.7 Å². The number of amides is 1. The highest BCUT2D eigenvalue weighted by Gasteiger charge is 2.39. The number of fused-ring (bicyclic) bond motifs is 1. The quantitative estimate of drug-likeness (QED) is 0.857. The molecule has 0 spiro atoms. The summed E-state index contributed by atoms with van der Waals surface area (Å²) in [7, 11) is 0. The van der Waals surface area contributed by atoms with E-state index in [9.17, 15) is 10.1 Å². The van der Waals surface area contributed by atoms with Crippen LogP contribution in [0.1, 0.15) is 27.0 Å². The second-order valence-electron chi connectivity index (χ2n) is 4.52. The average Bonchev–Trinajstić information content (AvgIpc) is 3.07. The number of aromatic nitrogens is 1. The number of carbonyl (C=O) groups is 1. The lowest BCUT2D eigenvalue weighted by Crippen LogP contribution is -2.29. The van der Waals surface area contributed by atoms with Crippen LogP contribution in [0.25, 0.3) is 0 Å². The van der Waals surface area contributed by atoms with Gasteiger partial charge in [0.2, 0.25) is 0 Å². The number of carbonyl (C=O) groups excluding carboxylic acids is 1. The molecule has 1 aliphatic rings. The molecule has 0 radical (unpaired) electrons. The lowest BCUT2D eigenvalue weighted by Gasteiger charge is -2.19. The number of hydrogen-bond donors (Lipinski definition) is 0. The largest absolute Gasteiger partial charge is 0.318 e. The third kappa shape index (κ3) is 2.40. The standard InChI is InChI=1S/C14H9Cl2N3OS/c15-8-1-2-9(16)13-12(8)10(7-17)19(14(13)20)5-3-11-18-4-6-21-11/h1-2,4,6,10H,3,5H2. The molecule has 1 atom stereocenters. The first kappa shape index (κ1) is 14.3. The maximum absolute atomic E-state index is 12.5. The van der Waals surface area contributed by atoms with Crippen molar-refractivity contribution in [1.82, 2.24) is 9.88 Å². The minimum atomic E-state index is -0.696. The van der Waals surface area contributed by atoms with Crippen LogP contribution in [-0.2, 0) is 6.42 Å². The van der Waals surface area contributed by atoms with Crippen molar-refractivity contribution in [1.29, 1.82) is 5.26 Å². The second kappa shape index (κ2) is 5.64. The molecule has 0 aliphatic carbocycles. The van der Waals surface area contributed by atoms with E-state index in [0.29, 0.717) is 34.1 Å². The van der Waals surface area contributed by atoms with Crippen LogP contribution in [0, 0.1) is 11.3 Å². The van der Waals surface area contributed by atoms with Gasteiger partial charge in [-0.15, -0.1) is 11.3 Å². The summed E-state index contributed by atoms with van der Waals surface area (Å²) in [4.78, 5) is 18.2. The Morgan fingerprint density at radius 1 is 1.38 bits per heavy atom. The van der Waals surface area contributed by atoms with Crippen LogP contribution in [0.4, 0.5) is 0 Å². The van der Waals surface area contributed by atoms with Gasteiger partial charge in [0.05, 0.1) is 21.7 Å². The fraction of sp³-hybridized carbons (Fsp3) is 0.214. The number of benzene rings is 1. The normalized spacial score (nSPS) is 16.9. The van der Waals surface area contributed by atoms with E-state index in [2.05, 4.69) is 11.1 Å². The zero-order chi connectivity index (χ0) is 15.0. The summed E-state index contributed by atoms with van der Waals surface area (Å²) in [5, 5.41) is 12.9. The molecule has 0 N–H and O–H groups in total. The molecule has 0 fully saturated rings. The van der Waals surface area contributed by atoms with E-state index in [1.807, 2.05) is 5.38 Å². The molecule has 1 unspecified atom stereocenters. The van der Waals surface area contributed by atoms with Crippen LogP contribution in [0.5, 0.6) is 0 Å². The van der Waals surface area contributed by atoms with Crippen molar-refractivity contribution in [3.8, 4) is 6.07 Å². The Morgan fingerprint density at radius 2 is 2.14 bits per heavy atom. The van der Waals surface area contributed by atoms with Crippen molar-refractivity contribution in [2.24, 2.45) is 0 Å². The van der Waals surface area contributed by atoms with Gasteiger partial charge in [-0.05, 0) is 12.1 Å². The molecule has 1 aromatic carbocycles. The van der Waals surface area contributed by atoms with Gasteiger partial charge in [-0.2, -0.15) is 5.26 Å². The van der Waals surface area contributed by atoms with E-state index >= 15 is 0 Å². The van der Waals surface area contributed by atoms with Gasteiger partial charge in [0.1, 0.15) is 6.04 Å². The number of nitriles is 1. The first-order valence-electron chi connectivity index (χ1n) is 6.20. The predicted octanol–water partition coefficient (Wildman–Crippen LogP) is 3.71. The van der Waals surface area contributed by atoms with Gasteiger partial charge in [0.15, 0.2) is 0 Å². The smallest absolute Gasteiger partial charge is 0.257 e. The summed E-state index contributed by atoms with van der Waals surface area (Å²) < 4.78 is 0. The van der Waals surface area contributed by atoms with E-state index in [-0.39, 0.29) is 5.91 Å². The summed E-state index contributed by atoms with van der Waals surface area (Å²) in [6, 6.07) is 4.65. The molecule has 1 amide bonds. The first-order valence-corrected chi connectivity index (χ1v) is 7.84. The summed E-state index contributed by atoms with van der Waals surface area (Å²) >= 11 is 13.8. The third-order valence-electron chi connectivity index (χ3n) is 3.37. The molecule has 2 heterocycles. The van der Waals surface area contributed by atoms with Gasteiger partial charge in [-0.25, -0.2) is 4.98 Å². The van der Waals surface area contributed by atoms with Gasteiger partial charge in [-0.1, -0.05) is 23.2 Å². The lowest BCUT2D eigenvalue weighted by atomic mass is 10.1. The van der Waals surface area contributed by atoms with Gasteiger partial charge < -0.3 is 4.90 Å². The zero-order valence-electron chi connectivity index (χ0n) is 10.7. The molecule has 2 aromatic rings. The van der Waals surface area contributed by atoms with Crippen molar-refractivity contribution in [2.75, 3.05) is 6.54 Å². The maximum atomic E-state index is 12.5. The molecule has 0 bridgehead atoms. The SMILES string of the molecule is N#CC1c2c(Cl)ccc(Cl)c2C(=O)N1CCc1nccs1. The van der Waals surface area contributed by atoms with Crippen molar-refractivity contribution >= 4 is 40.4 Å². The highest BCUT2D eigenvalue weighted by atomic mass is 35.5. The van der Waals surface area contributed by atoms with Gasteiger partial charge in [0, 0.05) is 35.1 Å². The van der Waals surface area contributed by atoms with Crippen molar-refractivity contribution < 1.29 is 4.79 Å². The van der Waals surface area contributed by atoms with Gasteiger partial charge >= 0.3 is 0 Å². The van der Waals surface area contributed by atoms with Crippen LogP contribution in [0.2, 0.25) is 10.0 Å². The van der Waals surface area contributed by atoms with Crippen LogP contribution < -0.4 is 0 Å². The highest BCUT2D eigenvalue weighted by molar-refractivity contribution is 7.09. The Bertz CT molecular complexity index is 739. The topological polar surface area (TPSA) is 57.0 Å². The molecule has 106 valence electrons. The van der Waals surface area contributed by atoms with E-state index < -0.39 is 6.04 Å². The van der Waals surface area contributed by atoms with Crippen LogP contribution >= 0.6 is 34.5 Å². The summed E-state index contributed by atoms with van der Waals surface area (Å²) in [5.74, 6) is -0.249. The summed E-state index contributed by atoms with van der Waals surface area (Å²) in [5.41, 5.74) is 0.852. The first-order chi connectivity index (χ1) is 10.1. The van der Waals surface area contributed by atoms with Gasteiger partial charge in [0.25, 0.3) is 5.91 Å². The summed E-state index contributed by atoms with van der Waals surface area (Å²) in [6.45, 7) is 0.409. The Labute approximate surface area is 135 Å². The lowest BCUT2D eigenvalue weighted by molar-refractivity contribution is 0.0760. The van der Waals surface area contributed by atoms with E-state index in [4.69, 9.17) is 23.2 Å². The van der Waals surface area contributed by atoms with Crippen molar-refractivity contribution in [2.45, 2.75) is 12.5 Å². The Kier molecular flexibility index (Phi) is 3.85. The van der Waals surface area contributed by atoms with Crippen molar-refractivity contribution in [3.05, 3.63) is 49.9 Å². The number of nitrogens with zero attached hydrogens (tertiary/aromatic N) is 3. The summed E-state index contributed by atoms with van der Waals surface area (Å²) in [6.07, 6.45) is 2.32. The third-order valence-corrected chi connectivity index (χ3v) is 4.86. The highest BCUT2D eigenvalue weighted by Crippen LogP contribution is 2.41. The molecular weight excluding hydrogens is 329 g/mol. The molecule has 4 nitrogen and oxygen atoms in total. The molecular formula is C14H9Cl2N3OS. The number of rotatable bonds is 3. The predicted molar refractivity (Wildman–Crippen MR) is 81.7 cm³/mol. The molecule has 0 saturated heterocycles. The average molecular weight is 338 g/mol.